The van der Waals surface area contributed by atoms with Gasteiger partial charge >= 0.3 is 0 Å². The smallest absolute Gasteiger partial charge is 0.182 e. The maximum atomic E-state index is 5.46. The van der Waals surface area contributed by atoms with Gasteiger partial charge in [0.2, 0.25) is 0 Å². The average molecular weight is 398 g/mol. The normalized spacial score (nSPS) is 11.1. The number of aromatic nitrogens is 2. The van der Waals surface area contributed by atoms with E-state index in [0.717, 1.165) is 25.7 Å². The van der Waals surface area contributed by atoms with Crippen LogP contribution in [0.1, 0.15) is 5.56 Å². The van der Waals surface area contributed by atoms with Gasteiger partial charge in [-0.25, -0.2) is 0 Å². The largest absolute Gasteiger partial charge is 0.330 e. The standard InChI is InChI=1S/C14H10Br2N2S/c1-8-3-2-4-11-13(8)18(14(19)17-11)12-6-5-9(15)7-10(12)16/h2-7H,1H3,(H,17,19). The zero-order valence-corrected chi connectivity index (χ0v) is 14.1. The van der Waals surface area contributed by atoms with Crippen LogP contribution in [0.3, 0.4) is 0 Å². The topological polar surface area (TPSA) is 20.7 Å². The molecule has 3 aromatic rings. The van der Waals surface area contributed by atoms with E-state index in [9.17, 15) is 0 Å². The number of nitrogens with one attached hydrogen (secondary N) is 1. The maximum absolute atomic E-state index is 5.46. The predicted octanol–water partition coefficient (Wildman–Crippen LogP) is 5.52. The van der Waals surface area contributed by atoms with Crippen molar-refractivity contribution < 1.29 is 0 Å². The Balaban J connectivity index is 2.42. The van der Waals surface area contributed by atoms with Gasteiger partial charge < -0.3 is 4.98 Å². The molecular weight excluding hydrogens is 388 g/mol. The van der Waals surface area contributed by atoms with E-state index in [1.165, 1.54) is 5.56 Å². The number of hydrogen-bond acceptors (Lipinski definition) is 1. The Hall–Kier alpha value is -0.910. The van der Waals surface area contributed by atoms with Gasteiger partial charge in [-0.3, -0.25) is 4.57 Å². The Morgan fingerprint density at radius 2 is 1.95 bits per heavy atom. The molecule has 0 saturated carbocycles. The van der Waals surface area contributed by atoms with E-state index in [2.05, 4.69) is 54.4 Å². The maximum Gasteiger partial charge on any atom is 0.182 e. The lowest BCUT2D eigenvalue weighted by molar-refractivity contribution is 1.05. The second-order valence-electron chi connectivity index (χ2n) is 4.33. The van der Waals surface area contributed by atoms with Crippen molar-refractivity contribution in [1.82, 2.24) is 9.55 Å². The van der Waals surface area contributed by atoms with Gasteiger partial charge in [-0.15, -0.1) is 0 Å². The Morgan fingerprint density at radius 1 is 1.16 bits per heavy atom. The summed E-state index contributed by atoms with van der Waals surface area (Å²) in [6.07, 6.45) is 0. The highest BCUT2D eigenvalue weighted by Crippen LogP contribution is 2.29. The molecule has 2 nitrogen and oxygen atoms in total. The summed E-state index contributed by atoms with van der Waals surface area (Å²) >= 11 is 12.5. The molecule has 5 heteroatoms. The van der Waals surface area contributed by atoms with Crippen molar-refractivity contribution in [2.75, 3.05) is 0 Å². The van der Waals surface area contributed by atoms with Crippen molar-refractivity contribution >= 4 is 55.1 Å². The zero-order valence-electron chi connectivity index (χ0n) is 10.1. The molecule has 0 aliphatic rings. The number of para-hydroxylation sites is 1. The van der Waals surface area contributed by atoms with Crippen LogP contribution in [0.4, 0.5) is 0 Å². The zero-order chi connectivity index (χ0) is 13.6. The number of hydrogen-bond donors (Lipinski definition) is 1. The first kappa shape index (κ1) is 13.1. The SMILES string of the molecule is Cc1cccc2[nH]c(=S)n(-c3ccc(Br)cc3Br)c12. The molecule has 2 aromatic carbocycles. The fraction of sp³-hybridized carbons (Fsp3) is 0.0714. The molecule has 0 saturated heterocycles. The van der Waals surface area contributed by atoms with E-state index in [0.29, 0.717) is 4.77 Å². The first-order chi connectivity index (χ1) is 9.08. The first-order valence-corrected chi connectivity index (χ1v) is 7.73. The molecule has 0 fully saturated rings. The van der Waals surface area contributed by atoms with Crippen LogP contribution in [0.15, 0.2) is 45.3 Å². The molecule has 0 aliphatic carbocycles. The van der Waals surface area contributed by atoms with Gasteiger partial charge in [0, 0.05) is 8.95 Å². The minimum atomic E-state index is 0.701. The van der Waals surface area contributed by atoms with E-state index in [1.807, 2.05) is 30.3 Å². The van der Waals surface area contributed by atoms with Gasteiger partial charge in [-0.05, 0) is 64.9 Å². The minimum absolute atomic E-state index is 0.701. The van der Waals surface area contributed by atoms with Crippen molar-refractivity contribution in [1.29, 1.82) is 0 Å². The summed E-state index contributed by atoms with van der Waals surface area (Å²) in [5.74, 6) is 0. The number of H-pyrrole nitrogens is 1. The van der Waals surface area contributed by atoms with E-state index in [4.69, 9.17) is 12.2 Å². The van der Waals surface area contributed by atoms with Crippen molar-refractivity contribution in [3.63, 3.8) is 0 Å². The highest BCUT2D eigenvalue weighted by atomic mass is 79.9. The highest BCUT2D eigenvalue weighted by Gasteiger charge is 2.11. The van der Waals surface area contributed by atoms with Crippen LogP contribution in [-0.4, -0.2) is 9.55 Å². The lowest BCUT2D eigenvalue weighted by atomic mass is 10.2. The predicted molar refractivity (Wildman–Crippen MR) is 88.6 cm³/mol. The molecule has 0 spiro atoms. The third-order valence-corrected chi connectivity index (χ3v) is 4.47. The van der Waals surface area contributed by atoms with E-state index < -0.39 is 0 Å². The van der Waals surface area contributed by atoms with Crippen LogP contribution in [-0.2, 0) is 0 Å². The number of nitrogens with zero attached hydrogens (tertiary/aromatic N) is 1. The molecule has 0 unspecified atom stereocenters. The van der Waals surface area contributed by atoms with Crippen LogP contribution in [0, 0.1) is 11.7 Å². The molecule has 0 atom stereocenters. The Labute approximate surface area is 132 Å². The molecule has 1 heterocycles. The fourth-order valence-electron chi connectivity index (χ4n) is 2.22. The van der Waals surface area contributed by atoms with Crippen LogP contribution in [0.25, 0.3) is 16.7 Å². The second kappa shape index (κ2) is 4.89. The van der Waals surface area contributed by atoms with Crippen LogP contribution < -0.4 is 0 Å². The fourth-order valence-corrected chi connectivity index (χ4v) is 3.75. The van der Waals surface area contributed by atoms with Gasteiger partial charge in [0.15, 0.2) is 4.77 Å². The Bertz CT molecular complexity index is 833. The van der Waals surface area contributed by atoms with Gasteiger partial charge in [-0.2, -0.15) is 0 Å². The summed E-state index contributed by atoms with van der Waals surface area (Å²) in [5.41, 5.74) is 4.41. The number of benzene rings is 2. The quantitative estimate of drug-likeness (QED) is 0.536. The summed E-state index contributed by atoms with van der Waals surface area (Å²) in [7, 11) is 0. The molecule has 1 N–H and O–H groups in total. The number of aryl methyl sites for hydroxylation is 1. The van der Waals surface area contributed by atoms with E-state index in [-0.39, 0.29) is 0 Å². The van der Waals surface area contributed by atoms with Crippen molar-refractivity contribution in [3.8, 4) is 5.69 Å². The monoisotopic (exact) mass is 396 g/mol. The third-order valence-electron chi connectivity index (χ3n) is 3.06. The van der Waals surface area contributed by atoms with Crippen LogP contribution in [0.2, 0.25) is 0 Å². The summed E-state index contributed by atoms with van der Waals surface area (Å²) in [4.78, 5) is 3.25. The summed E-state index contributed by atoms with van der Waals surface area (Å²) < 4.78 is 4.80. The average Bonchev–Trinajstić information content (AvgIpc) is 2.67. The minimum Gasteiger partial charge on any atom is -0.330 e. The Kier molecular flexibility index (Phi) is 3.37. The van der Waals surface area contributed by atoms with Crippen LogP contribution >= 0.6 is 44.1 Å². The number of fused-ring (bicyclic) bond motifs is 1. The molecule has 0 aliphatic heterocycles. The van der Waals surface area contributed by atoms with Gasteiger partial charge in [0.05, 0.1) is 16.7 Å². The highest BCUT2D eigenvalue weighted by molar-refractivity contribution is 9.11. The molecule has 3 rings (SSSR count). The van der Waals surface area contributed by atoms with Gasteiger partial charge in [0.1, 0.15) is 0 Å². The van der Waals surface area contributed by atoms with Crippen molar-refractivity contribution in [2.24, 2.45) is 0 Å². The number of halogens is 2. The summed E-state index contributed by atoms with van der Waals surface area (Å²) in [6, 6.07) is 12.2. The molecule has 0 amide bonds. The number of aromatic amines is 1. The number of rotatable bonds is 1. The molecule has 1 aromatic heterocycles. The van der Waals surface area contributed by atoms with Crippen LogP contribution in [0.5, 0.6) is 0 Å². The first-order valence-electron chi connectivity index (χ1n) is 5.73. The molecule has 19 heavy (non-hydrogen) atoms. The van der Waals surface area contributed by atoms with E-state index >= 15 is 0 Å². The molecule has 0 bridgehead atoms. The third kappa shape index (κ3) is 2.20. The number of imidazole rings is 1. The van der Waals surface area contributed by atoms with Gasteiger partial charge in [-0.1, -0.05) is 28.1 Å². The Morgan fingerprint density at radius 3 is 2.68 bits per heavy atom. The lowest BCUT2D eigenvalue weighted by Crippen LogP contribution is -1.96. The summed E-state index contributed by atoms with van der Waals surface area (Å²) in [6.45, 7) is 2.09. The summed E-state index contributed by atoms with van der Waals surface area (Å²) in [5, 5.41) is 0. The lowest BCUT2D eigenvalue weighted by Gasteiger charge is -2.09. The molecule has 96 valence electrons. The second-order valence-corrected chi connectivity index (χ2v) is 6.49. The molecular formula is C14H10Br2N2S. The van der Waals surface area contributed by atoms with Crippen molar-refractivity contribution in [2.45, 2.75) is 6.92 Å². The van der Waals surface area contributed by atoms with E-state index in [1.54, 1.807) is 0 Å². The molecule has 0 radical (unpaired) electrons. The van der Waals surface area contributed by atoms with Crippen molar-refractivity contribution in [3.05, 3.63) is 55.7 Å². The van der Waals surface area contributed by atoms with Gasteiger partial charge in [0.25, 0.3) is 0 Å².